The van der Waals surface area contributed by atoms with E-state index in [0.29, 0.717) is 16.5 Å². The Hall–Kier alpha value is -2.07. The van der Waals surface area contributed by atoms with Gasteiger partial charge in [-0.25, -0.2) is 4.39 Å². The number of halogens is 2. The van der Waals surface area contributed by atoms with Gasteiger partial charge in [0.25, 0.3) is 0 Å². The second-order valence-corrected chi connectivity index (χ2v) is 4.50. The predicted octanol–water partition coefficient (Wildman–Crippen LogP) is 3.86. The fourth-order valence-corrected chi connectivity index (χ4v) is 1.88. The SMILES string of the molecule is Cc1ccc(Oc2ccc(F)cc2C(=N)N)c(Cl)c1. The standard InChI is InChI=1S/C14H12ClFN2O/c1-8-2-4-13(11(15)6-8)19-12-5-3-9(16)7-10(12)14(17)18/h2-7H,1H3,(H3,17,18). The maximum atomic E-state index is 13.1. The van der Waals surface area contributed by atoms with Crippen molar-refractivity contribution in [1.82, 2.24) is 0 Å². The van der Waals surface area contributed by atoms with Crippen molar-refractivity contribution in [2.75, 3.05) is 0 Å². The smallest absolute Gasteiger partial charge is 0.146 e. The van der Waals surface area contributed by atoms with E-state index in [4.69, 9.17) is 27.5 Å². The quantitative estimate of drug-likeness (QED) is 0.661. The van der Waals surface area contributed by atoms with Crippen molar-refractivity contribution in [2.45, 2.75) is 6.92 Å². The van der Waals surface area contributed by atoms with E-state index >= 15 is 0 Å². The average molecular weight is 279 g/mol. The second-order valence-electron chi connectivity index (χ2n) is 4.09. The van der Waals surface area contributed by atoms with Crippen LogP contribution in [-0.4, -0.2) is 5.84 Å². The van der Waals surface area contributed by atoms with Crippen LogP contribution in [0.1, 0.15) is 11.1 Å². The molecule has 3 N–H and O–H groups in total. The largest absolute Gasteiger partial charge is 0.455 e. The number of hydrogen-bond acceptors (Lipinski definition) is 2. The molecule has 0 aromatic heterocycles. The van der Waals surface area contributed by atoms with Crippen molar-refractivity contribution < 1.29 is 9.13 Å². The van der Waals surface area contributed by atoms with Crippen molar-refractivity contribution in [1.29, 1.82) is 5.41 Å². The molecular weight excluding hydrogens is 267 g/mol. The molecule has 2 aromatic rings. The zero-order chi connectivity index (χ0) is 14.0. The first-order chi connectivity index (χ1) is 8.97. The van der Waals surface area contributed by atoms with Crippen LogP contribution in [0.5, 0.6) is 11.5 Å². The molecule has 0 aliphatic rings. The van der Waals surface area contributed by atoms with E-state index in [0.717, 1.165) is 11.6 Å². The highest BCUT2D eigenvalue weighted by Crippen LogP contribution is 2.32. The number of hydrogen-bond donors (Lipinski definition) is 2. The summed E-state index contributed by atoms with van der Waals surface area (Å²) in [5, 5.41) is 7.87. The highest BCUT2D eigenvalue weighted by Gasteiger charge is 2.11. The van der Waals surface area contributed by atoms with Crippen LogP contribution in [0.2, 0.25) is 5.02 Å². The van der Waals surface area contributed by atoms with Crippen molar-refractivity contribution in [3.8, 4) is 11.5 Å². The van der Waals surface area contributed by atoms with Crippen LogP contribution < -0.4 is 10.5 Å². The fourth-order valence-electron chi connectivity index (χ4n) is 1.61. The van der Waals surface area contributed by atoms with E-state index in [1.54, 1.807) is 12.1 Å². The Morgan fingerprint density at radius 2 is 1.89 bits per heavy atom. The number of aryl methyl sites for hydroxylation is 1. The Bertz CT molecular complexity index is 643. The molecule has 0 saturated heterocycles. The van der Waals surface area contributed by atoms with Crippen LogP contribution in [0.4, 0.5) is 4.39 Å². The molecule has 0 atom stereocenters. The van der Waals surface area contributed by atoms with E-state index < -0.39 is 5.82 Å². The summed E-state index contributed by atoms with van der Waals surface area (Å²) in [6.45, 7) is 1.91. The van der Waals surface area contributed by atoms with Gasteiger partial charge in [0.1, 0.15) is 23.2 Å². The third-order valence-electron chi connectivity index (χ3n) is 2.54. The molecule has 0 heterocycles. The summed E-state index contributed by atoms with van der Waals surface area (Å²) >= 11 is 6.06. The van der Waals surface area contributed by atoms with Gasteiger partial charge in [-0.2, -0.15) is 0 Å². The molecule has 0 aliphatic carbocycles. The van der Waals surface area contributed by atoms with Crippen LogP contribution in [0.15, 0.2) is 36.4 Å². The van der Waals surface area contributed by atoms with Crippen molar-refractivity contribution in [3.05, 3.63) is 58.4 Å². The van der Waals surface area contributed by atoms with Crippen molar-refractivity contribution >= 4 is 17.4 Å². The summed E-state index contributed by atoms with van der Waals surface area (Å²) in [7, 11) is 0. The van der Waals surface area contributed by atoms with Gasteiger partial charge >= 0.3 is 0 Å². The van der Waals surface area contributed by atoms with Gasteiger partial charge in [-0.15, -0.1) is 0 Å². The van der Waals surface area contributed by atoms with Crippen LogP contribution in [0.25, 0.3) is 0 Å². The molecular formula is C14H12ClFN2O. The van der Waals surface area contributed by atoms with Crippen LogP contribution in [-0.2, 0) is 0 Å². The van der Waals surface area contributed by atoms with Gasteiger partial charge in [0.05, 0.1) is 10.6 Å². The van der Waals surface area contributed by atoms with E-state index in [1.807, 2.05) is 13.0 Å². The Labute approximate surface area is 115 Å². The third-order valence-corrected chi connectivity index (χ3v) is 2.83. The van der Waals surface area contributed by atoms with Gasteiger partial charge in [0, 0.05) is 0 Å². The van der Waals surface area contributed by atoms with Gasteiger partial charge in [0.2, 0.25) is 0 Å². The topological polar surface area (TPSA) is 59.1 Å². The fraction of sp³-hybridized carbons (Fsp3) is 0.0714. The van der Waals surface area contributed by atoms with E-state index in [2.05, 4.69) is 0 Å². The van der Waals surface area contributed by atoms with Gasteiger partial charge in [0.15, 0.2) is 0 Å². The number of rotatable bonds is 3. The second kappa shape index (κ2) is 5.28. The molecule has 0 radical (unpaired) electrons. The maximum absolute atomic E-state index is 13.1. The Kier molecular flexibility index (Phi) is 3.71. The molecule has 0 aliphatic heterocycles. The normalized spacial score (nSPS) is 10.3. The number of ether oxygens (including phenoxy) is 1. The molecule has 0 unspecified atom stereocenters. The molecule has 0 fully saturated rings. The highest BCUT2D eigenvalue weighted by atomic mass is 35.5. The minimum Gasteiger partial charge on any atom is -0.455 e. The molecule has 2 rings (SSSR count). The van der Waals surface area contributed by atoms with E-state index in [-0.39, 0.29) is 11.4 Å². The predicted molar refractivity (Wildman–Crippen MR) is 73.7 cm³/mol. The average Bonchev–Trinajstić information content (AvgIpc) is 2.34. The van der Waals surface area contributed by atoms with Crippen molar-refractivity contribution in [3.63, 3.8) is 0 Å². The minimum atomic E-state index is -0.479. The summed E-state index contributed by atoms with van der Waals surface area (Å²) < 4.78 is 18.7. The number of nitrogens with one attached hydrogen (secondary N) is 1. The van der Waals surface area contributed by atoms with Crippen LogP contribution >= 0.6 is 11.6 Å². The molecule has 0 saturated carbocycles. The zero-order valence-electron chi connectivity index (χ0n) is 10.2. The third kappa shape index (κ3) is 3.03. The lowest BCUT2D eigenvalue weighted by Gasteiger charge is -2.11. The lowest BCUT2D eigenvalue weighted by molar-refractivity contribution is 0.479. The Morgan fingerprint density at radius 3 is 2.53 bits per heavy atom. The van der Waals surface area contributed by atoms with Gasteiger partial charge in [-0.05, 0) is 42.8 Å². The molecule has 0 amide bonds. The molecule has 0 bridgehead atoms. The summed E-state index contributed by atoms with van der Waals surface area (Å²) in [6.07, 6.45) is 0. The first kappa shape index (κ1) is 13.4. The molecule has 19 heavy (non-hydrogen) atoms. The van der Waals surface area contributed by atoms with Gasteiger partial charge < -0.3 is 10.5 Å². The number of benzene rings is 2. The molecule has 3 nitrogen and oxygen atoms in total. The van der Waals surface area contributed by atoms with E-state index in [9.17, 15) is 4.39 Å². The first-order valence-electron chi connectivity index (χ1n) is 5.55. The molecule has 5 heteroatoms. The lowest BCUT2D eigenvalue weighted by Crippen LogP contribution is -2.12. The van der Waals surface area contributed by atoms with Gasteiger partial charge in [-0.1, -0.05) is 17.7 Å². The Morgan fingerprint density at radius 1 is 1.21 bits per heavy atom. The van der Waals surface area contributed by atoms with Crippen molar-refractivity contribution in [2.24, 2.45) is 5.73 Å². The summed E-state index contributed by atoms with van der Waals surface area (Å²) in [5.74, 6) is -0.0219. The monoisotopic (exact) mass is 278 g/mol. The first-order valence-corrected chi connectivity index (χ1v) is 5.93. The highest BCUT2D eigenvalue weighted by molar-refractivity contribution is 6.32. The number of amidine groups is 1. The maximum Gasteiger partial charge on any atom is 0.146 e. The summed E-state index contributed by atoms with van der Waals surface area (Å²) in [5.41, 5.74) is 6.60. The van der Waals surface area contributed by atoms with Gasteiger partial charge in [-0.3, -0.25) is 5.41 Å². The van der Waals surface area contributed by atoms with E-state index in [1.165, 1.54) is 12.1 Å². The van der Waals surface area contributed by atoms with Crippen LogP contribution in [0, 0.1) is 18.2 Å². The minimum absolute atomic E-state index is 0.191. The lowest BCUT2D eigenvalue weighted by atomic mass is 10.1. The van der Waals surface area contributed by atoms with Crippen LogP contribution in [0.3, 0.4) is 0 Å². The molecule has 0 spiro atoms. The summed E-state index contributed by atoms with van der Waals surface area (Å²) in [6, 6.07) is 9.13. The number of nitrogen functional groups attached to an aromatic ring is 1. The molecule has 2 aromatic carbocycles. The Balaban J connectivity index is 2.40. The number of nitrogens with two attached hydrogens (primary N) is 1. The molecule has 98 valence electrons. The zero-order valence-corrected chi connectivity index (χ0v) is 11.0. The summed E-state index contributed by atoms with van der Waals surface area (Å²) in [4.78, 5) is 0.